The molecule has 8 nitrogen and oxygen atoms in total. The molecule has 8 heteroatoms. The van der Waals surface area contributed by atoms with Crippen LogP contribution >= 0.6 is 0 Å². The van der Waals surface area contributed by atoms with Gasteiger partial charge in [0.2, 0.25) is 0 Å². The molecule has 3 heterocycles. The van der Waals surface area contributed by atoms with Gasteiger partial charge in [-0.1, -0.05) is 17.9 Å². The van der Waals surface area contributed by atoms with E-state index in [-0.39, 0.29) is 0 Å². The number of piperidine rings is 1. The Balaban J connectivity index is 1.52. The Morgan fingerprint density at radius 1 is 1.11 bits per heavy atom. The van der Waals surface area contributed by atoms with Crippen molar-refractivity contribution in [3.63, 3.8) is 0 Å². The number of anilines is 1. The molecule has 0 spiro atoms. The number of hydrogen-bond donors (Lipinski definition) is 2. The highest BCUT2D eigenvalue weighted by Crippen LogP contribution is 2.29. The highest BCUT2D eigenvalue weighted by molar-refractivity contribution is 5.65. The van der Waals surface area contributed by atoms with Crippen LogP contribution in [-0.2, 0) is 13.2 Å². The van der Waals surface area contributed by atoms with Crippen LogP contribution < -0.4 is 10.5 Å². The molecule has 0 radical (unpaired) electrons. The quantitative estimate of drug-likeness (QED) is 0.477. The third-order valence-corrected chi connectivity index (χ3v) is 6.34. The third kappa shape index (κ3) is 7.56. The molecule has 0 saturated carbocycles. The minimum Gasteiger partial charge on any atom is -0.485 e. The number of nitrogen functional groups attached to an aromatic ring is 1. The average Bonchev–Trinajstić information content (AvgIpc) is 3.32. The molecule has 4 rings (SSSR count). The molecule has 3 N–H and O–H groups in total. The average molecular weight is 503 g/mol. The van der Waals surface area contributed by atoms with Gasteiger partial charge in [0, 0.05) is 35.6 Å². The number of nitrogens with zero attached hydrogens (tertiary/aromatic N) is 5. The van der Waals surface area contributed by atoms with E-state index in [0.29, 0.717) is 24.2 Å². The first-order valence-electron chi connectivity index (χ1n) is 12.7. The van der Waals surface area contributed by atoms with Gasteiger partial charge < -0.3 is 25.4 Å². The van der Waals surface area contributed by atoms with Crippen LogP contribution in [0.15, 0.2) is 42.9 Å². The van der Waals surface area contributed by atoms with Crippen LogP contribution in [-0.4, -0.2) is 69.5 Å². The first-order chi connectivity index (χ1) is 17.6. The second-order valence-electron chi connectivity index (χ2n) is 10.7. The van der Waals surface area contributed by atoms with Crippen molar-refractivity contribution in [2.75, 3.05) is 40.0 Å². The van der Waals surface area contributed by atoms with Crippen LogP contribution in [0.3, 0.4) is 0 Å². The molecule has 37 heavy (non-hydrogen) atoms. The molecule has 2 aromatic heterocycles. The van der Waals surface area contributed by atoms with E-state index in [1.807, 2.05) is 38.5 Å². The summed E-state index contributed by atoms with van der Waals surface area (Å²) >= 11 is 0. The molecule has 1 aromatic carbocycles. The zero-order valence-corrected chi connectivity index (χ0v) is 22.5. The van der Waals surface area contributed by atoms with Crippen LogP contribution in [0.5, 0.6) is 5.75 Å². The van der Waals surface area contributed by atoms with Gasteiger partial charge in [0.15, 0.2) is 11.6 Å². The molecule has 0 amide bonds. The summed E-state index contributed by atoms with van der Waals surface area (Å²) in [6.07, 6.45) is 7.93. The van der Waals surface area contributed by atoms with Gasteiger partial charge in [0.25, 0.3) is 0 Å². The maximum atomic E-state index is 10.0. The summed E-state index contributed by atoms with van der Waals surface area (Å²) in [6.45, 7) is 6.61. The van der Waals surface area contributed by atoms with Crippen LogP contribution in [0.4, 0.5) is 5.82 Å². The molecule has 196 valence electrons. The predicted octanol–water partition coefficient (Wildman–Crippen LogP) is 3.56. The maximum Gasteiger partial charge on any atom is 0.166 e. The van der Waals surface area contributed by atoms with E-state index in [2.05, 4.69) is 55.7 Å². The van der Waals surface area contributed by atoms with Crippen LogP contribution in [0.2, 0.25) is 0 Å². The summed E-state index contributed by atoms with van der Waals surface area (Å²) in [5, 5.41) is 14.6. The van der Waals surface area contributed by atoms with Crippen LogP contribution in [0.1, 0.15) is 49.4 Å². The Kier molecular flexibility index (Phi) is 8.18. The lowest BCUT2D eigenvalue weighted by Crippen LogP contribution is -2.31. The SMILES string of the molecule is CN(C)Cc1cc(C#CC(C)(C)O)cc(COc2cc(-c3cnn(C4CCN(C)CC4)c3)cnc2N)c1. The lowest BCUT2D eigenvalue weighted by molar-refractivity contribution is 0.143. The molecule has 0 aliphatic carbocycles. The van der Waals surface area contributed by atoms with Gasteiger partial charge in [-0.05, 0) is 90.2 Å². The molecule has 1 aliphatic rings. The fourth-order valence-corrected chi connectivity index (χ4v) is 4.44. The van der Waals surface area contributed by atoms with Gasteiger partial charge in [-0.15, -0.1) is 0 Å². The van der Waals surface area contributed by atoms with Crippen molar-refractivity contribution in [3.05, 3.63) is 59.5 Å². The number of ether oxygens (including phenoxy) is 1. The zero-order valence-electron chi connectivity index (χ0n) is 22.5. The third-order valence-electron chi connectivity index (χ3n) is 6.34. The summed E-state index contributed by atoms with van der Waals surface area (Å²) < 4.78 is 8.22. The fourth-order valence-electron chi connectivity index (χ4n) is 4.44. The number of nitrogens with two attached hydrogens (primary N) is 1. The first kappa shape index (κ1) is 26.7. The van der Waals surface area contributed by atoms with E-state index >= 15 is 0 Å². The smallest absolute Gasteiger partial charge is 0.166 e. The lowest BCUT2D eigenvalue weighted by atomic mass is 10.0. The van der Waals surface area contributed by atoms with Gasteiger partial charge in [-0.25, -0.2) is 4.98 Å². The molecular formula is C29H38N6O2. The number of aromatic nitrogens is 3. The molecule has 1 fully saturated rings. The Morgan fingerprint density at radius 2 is 1.84 bits per heavy atom. The summed E-state index contributed by atoms with van der Waals surface area (Å²) in [4.78, 5) is 8.84. The number of hydrogen-bond acceptors (Lipinski definition) is 7. The van der Waals surface area contributed by atoms with Gasteiger partial charge in [0.05, 0.1) is 12.2 Å². The second-order valence-corrected chi connectivity index (χ2v) is 10.7. The molecule has 0 unspecified atom stereocenters. The molecule has 0 bridgehead atoms. The topological polar surface area (TPSA) is 92.7 Å². The number of benzene rings is 1. The van der Waals surface area contributed by atoms with Gasteiger partial charge >= 0.3 is 0 Å². The van der Waals surface area contributed by atoms with Crippen molar-refractivity contribution in [3.8, 4) is 28.7 Å². The summed E-state index contributed by atoms with van der Waals surface area (Å²) in [7, 11) is 6.21. The Bertz CT molecular complexity index is 1270. The molecule has 0 atom stereocenters. The van der Waals surface area contributed by atoms with E-state index in [4.69, 9.17) is 10.5 Å². The minimum absolute atomic E-state index is 0.322. The van der Waals surface area contributed by atoms with E-state index in [1.165, 1.54) is 0 Å². The zero-order chi connectivity index (χ0) is 26.6. The van der Waals surface area contributed by atoms with Crippen molar-refractivity contribution in [2.45, 2.75) is 51.5 Å². The maximum absolute atomic E-state index is 10.0. The molecule has 1 saturated heterocycles. The van der Waals surface area contributed by atoms with Crippen molar-refractivity contribution < 1.29 is 9.84 Å². The number of pyridine rings is 1. The Hall–Kier alpha value is -3.38. The van der Waals surface area contributed by atoms with Gasteiger partial charge in [0.1, 0.15) is 12.2 Å². The van der Waals surface area contributed by atoms with Crippen LogP contribution in [0.25, 0.3) is 11.1 Å². The van der Waals surface area contributed by atoms with E-state index in [1.54, 1.807) is 20.0 Å². The van der Waals surface area contributed by atoms with Crippen molar-refractivity contribution >= 4 is 5.82 Å². The fraction of sp³-hybridized carbons (Fsp3) is 0.448. The first-order valence-corrected chi connectivity index (χ1v) is 12.7. The van der Waals surface area contributed by atoms with E-state index < -0.39 is 5.60 Å². The van der Waals surface area contributed by atoms with Gasteiger partial charge in [-0.2, -0.15) is 5.10 Å². The molecule has 3 aromatic rings. The minimum atomic E-state index is -1.06. The van der Waals surface area contributed by atoms with Crippen molar-refractivity contribution in [1.29, 1.82) is 0 Å². The Morgan fingerprint density at radius 3 is 2.54 bits per heavy atom. The Labute approximate surface area is 220 Å². The lowest BCUT2D eigenvalue weighted by Gasteiger charge is -2.28. The van der Waals surface area contributed by atoms with E-state index in [9.17, 15) is 5.11 Å². The number of aliphatic hydroxyl groups is 1. The normalized spacial score (nSPS) is 15.0. The van der Waals surface area contributed by atoms with Crippen LogP contribution in [0, 0.1) is 11.8 Å². The number of rotatable bonds is 7. The highest BCUT2D eigenvalue weighted by atomic mass is 16.5. The largest absolute Gasteiger partial charge is 0.485 e. The standard InChI is InChI=1S/C29H38N6O2/c1-29(2,36)9-6-21-12-22(18-33(3)4)14-23(13-21)20-37-27-15-24(16-31-28(27)30)25-17-32-35(19-25)26-7-10-34(5)11-8-26/h12-17,19,26,36H,7-8,10-11,18,20H2,1-5H3,(H2,30,31). The molecule has 1 aliphatic heterocycles. The highest BCUT2D eigenvalue weighted by Gasteiger charge is 2.19. The monoisotopic (exact) mass is 502 g/mol. The van der Waals surface area contributed by atoms with Crippen molar-refractivity contribution in [1.82, 2.24) is 24.6 Å². The predicted molar refractivity (Wildman–Crippen MR) is 147 cm³/mol. The second kappa shape index (κ2) is 11.3. The van der Waals surface area contributed by atoms with Crippen molar-refractivity contribution in [2.24, 2.45) is 0 Å². The summed E-state index contributed by atoms with van der Waals surface area (Å²) in [6, 6.07) is 8.48. The number of likely N-dealkylation sites (tertiary alicyclic amines) is 1. The van der Waals surface area contributed by atoms with E-state index in [0.717, 1.165) is 60.3 Å². The summed E-state index contributed by atoms with van der Waals surface area (Å²) in [5.74, 6) is 6.86. The summed E-state index contributed by atoms with van der Waals surface area (Å²) in [5.41, 5.74) is 9.95. The van der Waals surface area contributed by atoms with Gasteiger partial charge in [-0.3, -0.25) is 4.68 Å². The molecular weight excluding hydrogens is 464 g/mol.